The number of ether oxygens (including phenoxy) is 1. The average molecular weight is 247 g/mol. The molecule has 0 radical (unpaired) electrons. The minimum atomic E-state index is -0.233. The van der Waals surface area contributed by atoms with E-state index in [1.807, 2.05) is 19.9 Å². The number of hydrogen-bond acceptors (Lipinski definition) is 3. The molecule has 0 spiro atoms. The van der Waals surface area contributed by atoms with Crippen LogP contribution in [0.5, 0.6) is 0 Å². The standard InChI is InChI=1S/C15H21NO2/c1-4-13-12(15(17)18-5-2)9-11-8-6-7-10(3)14(11)16-13/h9-10H,4-8H2,1-3H3. The molecule has 0 saturated carbocycles. The minimum absolute atomic E-state index is 0.233. The van der Waals surface area contributed by atoms with Crippen molar-refractivity contribution in [3.05, 3.63) is 28.6 Å². The van der Waals surface area contributed by atoms with E-state index in [1.165, 1.54) is 24.1 Å². The number of rotatable bonds is 3. The Morgan fingerprint density at radius 2 is 2.28 bits per heavy atom. The van der Waals surface area contributed by atoms with Gasteiger partial charge in [-0.2, -0.15) is 0 Å². The molecule has 0 fully saturated rings. The topological polar surface area (TPSA) is 39.2 Å². The number of carbonyl (C=O) groups excluding carboxylic acids is 1. The van der Waals surface area contributed by atoms with Crippen LogP contribution in [0.3, 0.4) is 0 Å². The van der Waals surface area contributed by atoms with Gasteiger partial charge in [0.15, 0.2) is 0 Å². The van der Waals surface area contributed by atoms with E-state index in [4.69, 9.17) is 9.72 Å². The fraction of sp³-hybridized carbons (Fsp3) is 0.600. The molecule has 1 aromatic rings. The molecule has 1 atom stereocenters. The van der Waals surface area contributed by atoms with Crippen LogP contribution in [-0.2, 0) is 17.6 Å². The molecule has 1 unspecified atom stereocenters. The second kappa shape index (κ2) is 5.51. The normalized spacial score (nSPS) is 18.3. The van der Waals surface area contributed by atoms with Crippen LogP contribution in [0.4, 0.5) is 0 Å². The van der Waals surface area contributed by atoms with Gasteiger partial charge in [-0.15, -0.1) is 0 Å². The maximum Gasteiger partial charge on any atom is 0.339 e. The fourth-order valence-electron chi connectivity index (χ4n) is 2.63. The Morgan fingerprint density at radius 1 is 1.50 bits per heavy atom. The molecule has 2 rings (SSSR count). The van der Waals surface area contributed by atoms with Gasteiger partial charge in [0.2, 0.25) is 0 Å². The highest BCUT2D eigenvalue weighted by Gasteiger charge is 2.22. The van der Waals surface area contributed by atoms with Gasteiger partial charge in [-0.3, -0.25) is 4.98 Å². The number of hydrogen-bond donors (Lipinski definition) is 0. The smallest absolute Gasteiger partial charge is 0.339 e. The van der Waals surface area contributed by atoms with Gasteiger partial charge in [0.1, 0.15) is 0 Å². The van der Waals surface area contributed by atoms with Crippen molar-refractivity contribution in [3.63, 3.8) is 0 Å². The van der Waals surface area contributed by atoms with Crippen LogP contribution in [0.25, 0.3) is 0 Å². The highest BCUT2D eigenvalue weighted by molar-refractivity contribution is 5.91. The Labute approximate surface area is 109 Å². The Morgan fingerprint density at radius 3 is 2.94 bits per heavy atom. The van der Waals surface area contributed by atoms with Gasteiger partial charge in [0.05, 0.1) is 17.9 Å². The first kappa shape index (κ1) is 13.1. The number of pyridine rings is 1. The van der Waals surface area contributed by atoms with Gasteiger partial charge in [-0.05, 0) is 50.2 Å². The molecule has 0 aliphatic heterocycles. The van der Waals surface area contributed by atoms with E-state index >= 15 is 0 Å². The van der Waals surface area contributed by atoms with E-state index < -0.39 is 0 Å². The van der Waals surface area contributed by atoms with Gasteiger partial charge in [-0.1, -0.05) is 13.8 Å². The molecular formula is C15H21NO2. The average Bonchev–Trinajstić information content (AvgIpc) is 2.38. The fourth-order valence-corrected chi connectivity index (χ4v) is 2.63. The van der Waals surface area contributed by atoms with E-state index in [1.54, 1.807) is 0 Å². The van der Waals surface area contributed by atoms with Gasteiger partial charge >= 0.3 is 5.97 Å². The number of nitrogens with zero attached hydrogens (tertiary/aromatic N) is 1. The van der Waals surface area contributed by atoms with Crippen molar-refractivity contribution < 1.29 is 9.53 Å². The lowest BCUT2D eigenvalue weighted by atomic mass is 9.86. The Kier molecular flexibility index (Phi) is 4.00. The first-order valence-corrected chi connectivity index (χ1v) is 6.87. The molecule has 18 heavy (non-hydrogen) atoms. The van der Waals surface area contributed by atoms with Crippen molar-refractivity contribution >= 4 is 5.97 Å². The summed E-state index contributed by atoms with van der Waals surface area (Å²) >= 11 is 0. The number of aryl methyl sites for hydroxylation is 2. The van der Waals surface area contributed by atoms with Crippen molar-refractivity contribution in [2.45, 2.75) is 52.4 Å². The molecule has 0 saturated heterocycles. The zero-order valence-corrected chi connectivity index (χ0v) is 11.5. The zero-order chi connectivity index (χ0) is 13.1. The molecule has 0 N–H and O–H groups in total. The summed E-state index contributed by atoms with van der Waals surface area (Å²) < 4.78 is 5.11. The monoisotopic (exact) mass is 247 g/mol. The van der Waals surface area contributed by atoms with Crippen molar-refractivity contribution in [2.24, 2.45) is 0 Å². The molecule has 1 heterocycles. The van der Waals surface area contributed by atoms with Gasteiger partial charge in [-0.25, -0.2) is 4.79 Å². The maximum absolute atomic E-state index is 11.9. The lowest BCUT2D eigenvalue weighted by Gasteiger charge is -2.23. The van der Waals surface area contributed by atoms with Crippen molar-refractivity contribution in [1.82, 2.24) is 4.98 Å². The van der Waals surface area contributed by atoms with Crippen molar-refractivity contribution in [1.29, 1.82) is 0 Å². The van der Waals surface area contributed by atoms with Crippen molar-refractivity contribution in [2.75, 3.05) is 6.61 Å². The summed E-state index contributed by atoms with van der Waals surface area (Å²) in [5.41, 5.74) is 3.95. The second-order valence-corrected chi connectivity index (χ2v) is 4.89. The van der Waals surface area contributed by atoms with E-state index in [-0.39, 0.29) is 5.97 Å². The summed E-state index contributed by atoms with van der Waals surface area (Å²) in [6.45, 7) is 6.49. The third-order valence-electron chi connectivity index (χ3n) is 3.59. The zero-order valence-electron chi connectivity index (χ0n) is 11.5. The maximum atomic E-state index is 11.9. The highest BCUT2D eigenvalue weighted by atomic mass is 16.5. The SMILES string of the molecule is CCOC(=O)c1cc2c(nc1CC)C(C)CCC2. The van der Waals surface area contributed by atoms with Crippen LogP contribution in [0.1, 0.15) is 66.8 Å². The van der Waals surface area contributed by atoms with Crippen LogP contribution in [-0.4, -0.2) is 17.6 Å². The number of esters is 1. The van der Waals surface area contributed by atoms with E-state index in [0.717, 1.165) is 18.5 Å². The van der Waals surface area contributed by atoms with Crippen LogP contribution >= 0.6 is 0 Å². The Hall–Kier alpha value is -1.38. The molecule has 98 valence electrons. The van der Waals surface area contributed by atoms with E-state index in [9.17, 15) is 4.79 Å². The molecular weight excluding hydrogens is 226 g/mol. The van der Waals surface area contributed by atoms with Crippen molar-refractivity contribution in [3.8, 4) is 0 Å². The summed E-state index contributed by atoms with van der Waals surface area (Å²) in [7, 11) is 0. The molecule has 3 nitrogen and oxygen atoms in total. The molecule has 1 aliphatic carbocycles. The molecule has 1 aliphatic rings. The summed E-state index contributed by atoms with van der Waals surface area (Å²) in [5.74, 6) is 0.276. The molecule has 0 amide bonds. The number of fused-ring (bicyclic) bond motifs is 1. The van der Waals surface area contributed by atoms with E-state index in [0.29, 0.717) is 18.1 Å². The lowest BCUT2D eigenvalue weighted by Crippen LogP contribution is -2.16. The number of carbonyl (C=O) groups is 1. The molecule has 3 heteroatoms. The summed E-state index contributed by atoms with van der Waals surface area (Å²) in [6.07, 6.45) is 4.18. The van der Waals surface area contributed by atoms with Gasteiger partial charge in [0.25, 0.3) is 0 Å². The third-order valence-corrected chi connectivity index (χ3v) is 3.59. The van der Waals surface area contributed by atoms with E-state index in [2.05, 4.69) is 6.92 Å². The quantitative estimate of drug-likeness (QED) is 0.770. The largest absolute Gasteiger partial charge is 0.462 e. The summed E-state index contributed by atoms with van der Waals surface area (Å²) in [5, 5.41) is 0. The third kappa shape index (κ3) is 2.40. The first-order valence-electron chi connectivity index (χ1n) is 6.87. The highest BCUT2D eigenvalue weighted by Crippen LogP contribution is 2.31. The summed E-state index contributed by atoms with van der Waals surface area (Å²) in [6, 6.07) is 2.01. The molecule has 0 aromatic carbocycles. The minimum Gasteiger partial charge on any atom is -0.462 e. The van der Waals surface area contributed by atoms with Crippen LogP contribution in [0.2, 0.25) is 0 Å². The molecule has 1 aromatic heterocycles. The number of aromatic nitrogens is 1. The van der Waals surface area contributed by atoms with Gasteiger partial charge < -0.3 is 4.74 Å². The summed E-state index contributed by atoms with van der Waals surface area (Å²) in [4.78, 5) is 16.6. The van der Waals surface area contributed by atoms with Crippen LogP contribution in [0, 0.1) is 0 Å². The Bertz CT molecular complexity index is 454. The predicted molar refractivity (Wildman–Crippen MR) is 70.9 cm³/mol. The second-order valence-electron chi connectivity index (χ2n) is 4.89. The van der Waals surface area contributed by atoms with Gasteiger partial charge in [0, 0.05) is 5.69 Å². The predicted octanol–water partition coefficient (Wildman–Crippen LogP) is 3.26. The Balaban J connectivity index is 2.44. The van der Waals surface area contributed by atoms with Crippen LogP contribution < -0.4 is 0 Å². The first-order chi connectivity index (χ1) is 8.67. The molecule has 0 bridgehead atoms. The van der Waals surface area contributed by atoms with Crippen LogP contribution in [0.15, 0.2) is 6.07 Å². The lowest BCUT2D eigenvalue weighted by molar-refractivity contribution is 0.0524.